The molecule has 0 radical (unpaired) electrons. The third kappa shape index (κ3) is 3.65. The van der Waals surface area contributed by atoms with E-state index in [2.05, 4.69) is 22.5 Å². The minimum Gasteiger partial charge on any atom is -0.378 e. The maximum Gasteiger partial charge on any atom is 0.317 e. The molecule has 3 rings (SSSR count). The van der Waals surface area contributed by atoms with Gasteiger partial charge in [0.25, 0.3) is 0 Å². The molecule has 1 aromatic heterocycles. The van der Waals surface area contributed by atoms with E-state index >= 15 is 0 Å². The van der Waals surface area contributed by atoms with Crippen LogP contribution < -0.4 is 5.32 Å². The molecule has 0 bridgehead atoms. The largest absolute Gasteiger partial charge is 0.378 e. The molecule has 1 aliphatic rings. The molecule has 2 heterocycles. The molecule has 6 nitrogen and oxygen atoms in total. The number of amides is 2. The van der Waals surface area contributed by atoms with Gasteiger partial charge in [-0.25, -0.2) is 9.48 Å². The van der Waals surface area contributed by atoms with Gasteiger partial charge in [0.1, 0.15) is 0 Å². The van der Waals surface area contributed by atoms with Gasteiger partial charge in [-0.15, -0.1) is 0 Å². The van der Waals surface area contributed by atoms with Gasteiger partial charge in [-0.1, -0.05) is 12.1 Å². The number of nitrogens with one attached hydrogen (secondary N) is 1. The summed E-state index contributed by atoms with van der Waals surface area (Å²) in [6, 6.07) is 10.1. The Morgan fingerprint density at radius 1 is 1.23 bits per heavy atom. The summed E-state index contributed by atoms with van der Waals surface area (Å²) >= 11 is 0. The van der Waals surface area contributed by atoms with Gasteiger partial charge >= 0.3 is 6.03 Å². The summed E-state index contributed by atoms with van der Waals surface area (Å²) in [7, 11) is 0. The summed E-state index contributed by atoms with van der Waals surface area (Å²) in [5.74, 6) is 0. The van der Waals surface area contributed by atoms with Crippen molar-refractivity contribution in [2.75, 3.05) is 32.8 Å². The molecule has 6 heteroatoms. The van der Waals surface area contributed by atoms with Gasteiger partial charge < -0.3 is 15.0 Å². The lowest BCUT2D eigenvalue weighted by Gasteiger charge is -2.26. The number of aromatic nitrogens is 2. The molecule has 0 spiro atoms. The normalized spacial score (nSPS) is 14.8. The SMILES string of the molecule is O=C(NCCc1ccc(-n2cccn2)cc1)N1CCOCC1. The second-order valence-corrected chi connectivity index (χ2v) is 5.20. The Kier molecular flexibility index (Phi) is 4.70. The standard InChI is InChI=1S/C16H20N4O2/c21-16(19-10-12-22-13-11-19)17-8-6-14-2-4-15(5-3-14)20-9-1-7-18-20/h1-5,7,9H,6,8,10-13H2,(H,17,21). The Morgan fingerprint density at radius 3 is 2.68 bits per heavy atom. The van der Waals surface area contributed by atoms with Crippen LogP contribution in [0.3, 0.4) is 0 Å². The Hall–Kier alpha value is -2.34. The predicted octanol–water partition coefficient (Wildman–Crippen LogP) is 1.46. The Morgan fingerprint density at radius 2 is 2.00 bits per heavy atom. The molecular weight excluding hydrogens is 280 g/mol. The van der Waals surface area contributed by atoms with Gasteiger partial charge in [0.05, 0.1) is 18.9 Å². The van der Waals surface area contributed by atoms with Crippen molar-refractivity contribution < 1.29 is 9.53 Å². The third-order valence-corrected chi connectivity index (χ3v) is 3.69. The minimum atomic E-state index is -0.00328. The molecule has 22 heavy (non-hydrogen) atoms. The number of hydrogen-bond acceptors (Lipinski definition) is 3. The average molecular weight is 300 g/mol. The minimum absolute atomic E-state index is 0.00328. The maximum atomic E-state index is 11.9. The second kappa shape index (κ2) is 7.09. The van der Waals surface area contributed by atoms with Crippen LogP contribution in [-0.2, 0) is 11.2 Å². The first-order chi connectivity index (χ1) is 10.8. The van der Waals surface area contributed by atoms with Crippen LogP contribution in [0.5, 0.6) is 0 Å². The smallest absolute Gasteiger partial charge is 0.317 e. The van der Waals surface area contributed by atoms with Crippen molar-refractivity contribution in [3.8, 4) is 5.69 Å². The first-order valence-corrected chi connectivity index (χ1v) is 7.52. The summed E-state index contributed by atoms with van der Waals surface area (Å²) in [6.45, 7) is 3.23. The summed E-state index contributed by atoms with van der Waals surface area (Å²) in [5, 5.41) is 7.15. The van der Waals surface area contributed by atoms with E-state index in [1.807, 2.05) is 29.1 Å². The van der Waals surface area contributed by atoms with E-state index in [9.17, 15) is 4.79 Å². The third-order valence-electron chi connectivity index (χ3n) is 3.69. The molecule has 0 unspecified atom stereocenters. The molecular formula is C16H20N4O2. The van der Waals surface area contributed by atoms with Crippen molar-refractivity contribution in [2.45, 2.75) is 6.42 Å². The molecule has 2 aromatic rings. The van der Waals surface area contributed by atoms with Crippen molar-refractivity contribution >= 4 is 6.03 Å². The fourth-order valence-electron chi connectivity index (χ4n) is 2.43. The lowest BCUT2D eigenvalue weighted by molar-refractivity contribution is 0.0533. The summed E-state index contributed by atoms with van der Waals surface area (Å²) < 4.78 is 7.06. The van der Waals surface area contributed by atoms with Crippen molar-refractivity contribution in [1.82, 2.24) is 20.0 Å². The molecule has 1 fully saturated rings. The molecule has 1 saturated heterocycles. The number of benzene rings is 1. The highest BCUT2D eigenvalue weighted by atomic mass is 16.5. The molecule has 0 saturated carbocycles. The van der Waals surface area contributed by atoms with E-state index in [1.54, 1.807) is 11.1 Å². The highest BCUT2D eigenvalue weighted by molar-refractivity contribution is 5.74. The number of rotatable bonds is 4. The van der Waals surface area contributed by atoms with Crippen molar-refractivity contribution in [3.63, 3.8) is 0 Å². The molecule has 0 atom stereocenters. The van der Waals surface area contributed by atoms with Gasteiger partial charge in [-0.2, -0.15) is 5.10 Å². The van der Waals surface area contributed by atoms with Crippen molar-refractivity contribution in [1.29, 1.82) is 0 Å². The number of carbonyl (C=O) groups is 1. The number of ether oxygens (including phenoxy) is 1. The van der Waals surface area contributed by atoms with E-state index in [1.165, 1.54) is 5.56 Å². The zero-order valence-electron chi connectivity index (χ0n) is 12.4. The van der Waals surface area contributed by atoms with Gasteiger partial charge in [0, 0.05) is 32.0 Å². The fraction of sp³-hybridized carbons (Fsp3) is 0.375. The summed E-state index contributed by atoms with van der Waals surface area (Å²) in [6.07, 6.45) is 4.49. The molecule has 116 valence electrons. The van der Waals surface area contributed by atoms with Gasteiger partial charge in [0.2, 0.25) is 0 Å². The summed E-state index contributed by atoms with van der Waals surface area (Å²) in [5.41, 5.74) is 2.23. The van der Waals surface area contributed by atoms with Crippen LogP contribution in [0.2, 0.25) is 0 Å². The first-order valence-electron chi connectivity index (χ1n) is 7.52. The lowest BCUT2D eigenvalue weighted by atomic mass is 10.1. The van der Waals surface area contributed by atoms with Crippen LogP contribution >= 0.6 is 0 Å². The number of morpholine rings is 1. The van der Waals surface area contributed by atoms with Crippen molar-refractivity contribution in [2.24, 2.45) is 0 Å². The van der Waals surface area contributed by atoms with Crippen LogP contribution in [0.15, 0.2) is 42.7 Å². The number of carbonyl (C=O) groups excluding carboxylic acids is 1. The molecule has 2 amide bonds. The zero-order chi connectivity index (χ0) is 15.2. The van der Waals surface area contributed by atoms with Crippen LogP contribution in [-0.4, -0.2) is 53.6 Å². The van der Waals surface area contributed by atoms with Gasteiger partial charge in [-0.3, -0.25) is 0 Å². The average Bonchev–Trinajstić information content (AvgIpc) is 3.11. The Balaban J connectivity index is 1.46. The Labute approximate surface area is 129 Å². The molecule has 0 aliphatic carbocycles. The van der Waals surface area contributed by atoms with Gasteiger partial charge in [-0.05, 0) is 30.2 Å². The van der Waals surface area contributed by atoms with E-state index < -0.39 is 0 Å². The molecule has 1 N–H and O–H groups in total. The highest BCUT2D eigenvalue weighted by Gasteiger charge is 2.15. The Bertz CT molecular complexity index is 589. The lowest BCUT2D eigenvalue weighted by Crippen LogP contribution is -2.46. The zero-order valence-corrected chi connectivity index (χ0v) is 12.4. The van der Waals surface area contributed by atoms with E-state index in [0.29, 0.717) is 32.8 Å². The quantitative estimate of drug-likeness (QED) is 0.930. The highest BCUT2D eigenvalue weighted by Crippen LogP contribution is 2.09. The summed E-state index contributed by atoms with van der Waals surface area (Å²) in [4.78, 5) is 13.7. The maximum absolute atomic E-state index is 11.9. The first kappa shape index (κ1) is 14.6. The number of urea groups is 1. The fourth-order valence-corrected chi connectivity index (χ4v) is 2.43. The van der Waals surface area contributed by atoms with E-state index in [-0.39, 0.29) is 6.03 Å². The van der Waals surface area contributed by atoms with Crippen LogP contribution in [0, 0.1) is 0 Å². The topological polar surface area (TPSA) is 59.4 Å². The van der Waals surface area contributed by atoms with Crippen LogP contribution in [0.25, 0.3) is 5.69 Å². The van der Waals surface area contributed by atoms with E-state index in [0.717, 1.165) is 12.1 Å². The predicted molar refractivity (Wildman–Crippen MR) is 83.1 cm³/mol. The molecule has 1 aromatic carbocycles. The monoisotopic (exact) mass is 300 g/mol. The molecule has 1 aliphatic heterocycles. The second-order valence-electron chi connectivity index (χ2n) is 5.20. The number of nitrogens with zero attached hydrogens (tertiary/aromatic N) is 3. The van der Waals surface area contributed by atoms with Crippen molar-refractivity contribution in [3.05, 3.63) is 48.3 Å². The van der Waals surface area contributed by atoms with Crippen LogP contribution in [0.1, 0.15) is 5.56 Å². The van der Waals surface area contributed by atoms with Gasteiger partial charge in [0.15, 0.2) is 0 Å². The van der Waals surface area contributed by atoms with Crippen LogP contribution in [0.4, 0.5) is 4.79 Å². The van der Waals surface area contributed by atoms with E-state index in [4.69, 9.17) is 4.74 Å². The number of hydrogen-bond donors (Lipinski definition) is 1.